The zero-order valence-electron chi connectivity index (χ0n) is 8.15. The largest absolute Gasteiger partial charge is 0.394 e. The highest BCUT2D eigenvalue weighted by Gasteiger charge is 2.25. The van der Waals surface area contributed by atoms with Crippen molar-refractivity contribution in [3.63, 3.8) is 0 Å². The van der Waals surface area contributed by atoms with Crippen LogP contribution >= 0.6 is 11.6 Å². The molecule has 2 atom stereocenters. The van der Waals surface area contributed by atoms with E-state index >= 15 is 0 Å². The Balaban J connectivity index is 2.12. The highest BCUT2D eigenvalue weighted by atomic mass is 35.5. The minimum Gasteiger partial charge on any atom is -0.394 e. The molecule has 5 nitrogen and oxygen atoms in total. The lowest BCUT2D eigenvalue weighted by Crippen LogP contribution is -2.28. The van der Waals surface area contributed by atoms with E-state index in [1.807, 2.05) is 0 Å². The fraction of sp³-hybridized carbons (Fsp3) is 0.556. The second kappa shape index (κ2) is 4.20. The molecule has 1 aromatic rings. The van der Waals surface area contributed by atoms with Gasteiger partial charge in [0.05, 0.1) is 24.0 Å². The summed E-state index contributed by atoms with van der Waals surface area (Å²) in [6.07, 6.45) is 3.87. The monoisotopic (exact) mass is 228 g/mol. The summed E-state index contributed by atoms with van der Waals surface area (Å²) < 4.78 is 0. The van der Waals surface area contributed by atoms with Gasteiger partial charge in [0.1, 0.15) is 0 Å². The molecule has 1 fully saturated rings. The normalized spacial score (nSPS) is 25.5. The van der Waals surface area contributed by atoms with E-state index in [-0.39, 0.29) is 17.4 Å². The minimum absolute atomic E-state index is 0.0123. The van der Waals surface area contributed by atoms with Gasteiger partial charge in [-0.2, -0.15) is 4.98 Å². The molecular formula is C9H13ClN4O. The Morgan fingerprint density at radius 3 is 3.00 bits per heavy atom. The van der Waals surface area contributed by atoms with Crippen molar-refractivity contribution in [3.05, 3.63) is 11.5 Å². The minimum atomic E-state index is -0.335. The summed E-state index contributed by atoms with van der Waals surface area (Å²) in [7, 11) is 0. The number of rotatable bonds is 2. The van der Waals surface area contributed by atoms with Gasteiger partial charge in [-0.25, -0.2) is 4.98 Å². The van der Waals surface area contributed by atoms with E-state index in [0.717, 1.165) is 19.3 Å². The molecule has 0 saturated heterocycles. The van der Waals surface area contributed by atoms with E-state index in [0.29, 0.717) is 11.5 Å². The topological polar surface area (TPSA) is 84.1 Å². The van der Waals surface area contributed by atoms with Crippen molar-refractivity contribution in [2.75, 3.05) is 11.1 Å². The number of nitrogen functional groups attached to an aromatic ring is 1. The van der Waals surface area contributed by atoms with E-state index in [9.17, 15) is 5.11 Å². The van der Waals surface area contributed by atoms with E-state index < -0.39 is 0 Å². The third-order valence-electron chi connectivity index (χ3n) is 2.59. The van der Waals surface area contributed by atoms with E-state index in [1.54, 1.807) is 0 Å². The van der Waals surface area contributed by atoms with Crippen LogP contribution < -0.4 is 11.1 Å². The number of aliphatic hydroxyl groups is 1. The Morgan fingerprint density at radius 1 is 1.53 bits per heavy atom. The highest BCUT2D eigenvalue weighted by Crippen LogP contribution is 2.24. The number of aromatic nitrogens is 2. The van der Waals surface area contributed by atoms with Crippen LogP contribution in [0.25, 0.3) is 0 Å². The maximum Gasteiger partial charge on any atom is 0.224 e. The molecule has 0 aromatic carbocycles. The molecule has 15 heavy (non-hydrogen) atoms. The fourth-order valence-corrected chi connectivity index (χ4v) is 1.90. The summed E-state index contributed by atoms with van der Waals surface area (Å²) >= 11 is 5.66. The predicted octanol–water partition coefficient (Wildman–Crippen LogP) is 1.04. The van der Waals surface area contributed by atoms with Gasteiger partial charge in [0, 0.05) is 0 Å². The van der Waals surface area contributed by atoms with Crippen molar-refractivity contribution in [2.24, 2.45) is 0 Å². The number of aliphatic hydroxyl groups excluding tert-OH is 1. The Morgan fingerprint density at radius 2 is 2.33 bits per heavy atom. The molecule has 6 heteroatoms. The summed E-state index contributed by atoms with van der Waals surface area (Å²) in [5.74, 6) is 0.501. The number of nitrogens with one attached hydrogen (secondary N) is 1. The predicted molar refractivity (Wildman–Crippen MR) is 58.7 cm³/mol. The van der Waals surface area contributed by atoms with Gasteiger partial charge in [-0.1, -0.05) is 0 Å². The van der Waals surface area contributed by atoms with Crippen LogP contribution in [0.5, 0.6) is 0 Å². The lowest BCUT2D eigenvalue weighted by Gasteiger charge is -2.17. The van der Waals surface area contributed by atoms with Gasteiger partial charge in [0.15, 0.2) is 5.82 Å². The fourth-order valence-electron chi connectivity index (χ4n) is 1.77. The first-order chi connectivity index (χ1) is 7.16. The Kier molecular flexibility index (Phi) is 2.93. The second-order valence-electron chi connectivity index (χ2n) is 3.69. The number of nitrogens with two attached hydrogens (primary N) is 1. The molecule has 82 valence electrons. The van der Waals surface area contributed by atoms with Gasteiger partial charge in [-0.05, 0) is 30.9 Å². The molecule has 0 radical (unpaired) electrons. The molecule has 1 aromatic heterocycles. The molecule has 2 rings (SSSR count). The van der Waals surface area contributed by atoms with Crippen LogP contribution in [-0.2, 0) is 0 Å². The van der Waals surface area contributed by atoms with Gasteiger partial charge < -0.3 is 16.2 Å². The van der Waals surface area contributed by atoms with Crippen molar-refractivity contribution >= 4 is 23.1 Å². The van der Waals surface area contributed by atoms with Crippen molar-refractivity contribution in [2.45, 2.75) is 31.4 Å². The molecule has 2 unspecified atom stereocenters. The molecule has 1 heterocycles. The van der Waals surface area contributed by atoms with Crippen LogP contribution in [0.3, 0.4) is 0 Å². The first-order valence-corrected chi connectivity index (χ1v) is 5.27. The molecule has 4 N–H and O–H groups in total. The van der Waals surface area contributed by atoms with E-state index in [1.165, 1.54) is 6.20 Å². The molecule has 1 saturated carbocycles. The molecule has 1 aliphatic rings. The van der Waals surface area contributed by atoms with Gasteiger partial charge >= 0.3 is 0 Å². The van der Waals surface area contributed by atoms with Crippen LogP contribution in [0.15, 0.2) is 6.20 Å². The van der Waals surface area contributed by atoms with Crippen molar-refractivity contribution in [3.8, 4) is 0 Å². The number of hydrogen-bond donors (Lipinski definition) is 3. The number of anilines is 2. The molecule has 1 aliphatic carbocycles. The number of halogens is 1. The lowest BCUT2D eigenvalue weighted by atomic mass is 10.2. The summed E-state index contributed by atoms with van der Waals surface area (Å²) in [6, 6.07) is 0.0123. The summed E-state index contributed by atoms with van der Waals surface area (Å²) in [5.41, 5.74) is 6.13. The van der Waals surface area contributed by atoms with Gasteiger partial charge in [0.2, 0.25) is 5.28 Å². The third kappa shape index (κ3) is 2.30. The van der Waals surface area contributed by atoms with Gasteiger partial charge in [0.25, 0.3) is 0 Å². The zero-order valence-corrected chi connectivity index (χ0v) is 8.91. The first kappa shape index (κ1) is 10.4. The maximum atomic E-state index is 9.63. The van der Waals surface area contributed by atoms with Gasteiger partial charge in [-0.3, -0.25) is 0 Å². The van der Waals surface area contributed by atoms with Crippen molar-refractivity contribution in [1.29, 1.82) is 0 Å². The molecule has 0 bridgehead atoms. The molecule has 0 spiro atoms. The molecule has 0 amide bonds. The summed E-state index contributed by atoms with van der Waals surface area (Å²) in [4.78, 5) is 7.74. The average molecular weight is 229 g/mol. The smallest absolute Gasteiger partial charge is 0.224 e. The van der Waals surface area contributed by atoms with Crippen LogP contribution in [0, 0.1) is 0 Å². The maximum absolute atomic E-state index is 9.63. The average Bonchev–Trinajstić information content (AvgIpc) is 2.58. The van der Waals surface area contributed by atoms with Crippen LogP contribution in [0.4, 0.5) is 11.5 Å². The molecule has 0 aliphatic heterocycles. The van der Waals surface area contributed by atoms with Crippen molar-refractivity contribution in [1.82, 2.24) is 9.97 Å². The summed E-state index contributed by atoms with van der Waals surface area (Å²) in [5, 5.41) is 12.9. The third-order valence-corrected chi connectivity index (χ3v) is 2.77. The first-order valence-electron chi connectivity index (χ1n) is 4.89. The van der Waals surface area contributed by atoms with Crippen LogP contribution in [0.2, 0.25) is 5.28 Å². The SMILES string of the molecule is Nc1cnc(Cl)nc1NC1CCCC1O. The quantitative estimate of drug-likeness (QED) is 0.659. The number of hydrogen-bond acceptors (Lipinski definition) is 5. The lowest BCUT2D eigenvalue weighted by molar-refractivity contribution is 0.171. The zero-order chi connectivity index (χ0) is 10.8. The Hall–Kier alpha value is -1.07. The Labute approximate surface area is 92.7 Å². The van der Waals surface area contributed by atoms with Crippen LogP contribution in [0.1, 0.15) is 19.3 Å². The Bertz CT molecular complexity index is 360. The standard InChI is InChI=1S/C9H13ClN4O/c10-9-12-4-5(11)8(14-9)13-6-2-1-3-7(6)15/h4,6-7,15H,1-3,11H2,(H,12,13,14). The van der Waals surface area contributed by atoms with Crippen LogP contribution in [-0.4, -0.2) is 27.2 Å². The van der Waals surface area contributed by atoms with Gasteiger partial charge in [-0.15, -0.1) is 0 Å². The van der Waals surface area contributed by atoms with E-state index in [4.69, 9.17) is 17.3 Å². The highest BCUT2D eigenvalue weighted by molar-refractivity contribution is 6.28. The van der Waals surface area contributed by atoms with E-state index in [2.05, 4.69) is 15.3 Å². The molecular weight excluding hydrogens is 216 g/mol. The second-order valence-corrected chi connectivity index (χ2v) is 4.03. The van der Waals surface area contributed by atoms with Crippen molar-refractivity contribution < 1.29 is 5.11 Å². The summed E-state index contributed by atoms with van der Waals surface area (Å²) in [6.45, 7) is 0. The number of nitrogens with zero attached hydrogens (tertiary/aromatic N) is 2.